The Balaban J connectivity index is 2.55. The monoisotopic (exact) mass is 302 g/mol. The van der Waals surface area contributed by atoms with E-state index in [4.69, 9.17) is 5.73 Å². The SMILES string of the molecule is CC(CCN)CN(C)Cc1cc(Br)ccc1F. The van der Waals surface area contributed by atoms with Gasteiger partial charge in [-0.25, -0.2) is 4.39 Å². The van der Waals surface area contributed by atoms with Gasteiger partial charge in [-0.3, -0.25) is 0 Å². The Hall–Kier alpha value is -0.450. The van der Waals surface area contributed by atoms with Crippen molar-refractivity contribution in [3.05, 3.63) is 34.1 Å². The zero-order valence-electron chi connectivity index (χ0n) is 10.4. The molecule has 1 atom stereocenters. The number of halogens is 2. The van der Waals surface area contributed by atoms with Gasteiger partial charge in [0.25, 0.3) is 0 Å². The lowest BCUT2D eigenvalue weighted by atomic mass is 10.1. The van der Waals surface area contributed by atoms with Crippen molar-refractivity contribution in [1.82, 2.24) is 4.90 Å². The first-order valence-corrected chi connectivity index (χ1v) is 6.64. The van der Waals surface area contributed by atoms with Crippen molar-refractivity contribution in [3.63, 3.8) is 0 Å². The molecule has 96 valence electrons. The maximum absolute atomic E-state index is 13.5. The van der Waals surface area contributed by atoms with Crippen molar-refractivity contribution < 1.29 is 4.39 Å². The van der Waals surface area contributed by atoms with Gasteiger partial charge in [-0.2, -0.15) is 0 Å². The van der Waals surface area contributed by atoms with Crippen molar-refractivity contribution in [3.8, 4) is 0 Å². The summed E-state index contributed by atoms with van der Waals surface area (Å²) in [5, 5.41) is 0. The summed E-state index contributed by atoms with van der Waals surface area (Å²) >= 11 is 3.36. The molecule has 17 heavy (non-hydrogen) atoms. The molecule has 4 heteroatoms. The minimum Gasteiger partial charge on any atom is -0.330 e. The number of hydrogen-bond acceptors (Lipinski definition) is 2. The molecule has 1 unspecified atom stereocenters. The van der Waals surface area contributed by atoms with Crippen molar-refractivity contribution in [2.24, 2.45) is 11.7 Å². The Morgan fingerprint density at radius 2 is 2.18 bits per heavy atom. The van der Waals surface area contributed by atoms with Gasteiger partial charge in [0.1, 0.15) is 5.82 Å². The molecule has 0 saturated carbocycles. The van der Waals surface area contributed by atoms with Crippen LogP contribution in [0.3, 0.4) is 0 Å². The van der Waals surface area contributed by atoms with E-state index < -0.39 is 0 Å². The highest BCUT2D eigenvalue weighted by molar-refractivity contribution is 9.10. The van der Waals surface area contributed by atoms with Gasteiger partial charge < -0.3 is 10.6 Å². The molecule has 0 aliphatic heterocycles. The Bertz CT molecular complexity index is 357. The van der Waals surface area contributed by atoms with Crippen LogP contribution in [-0.2, 0) is 6.54 Å². The number of rotatable bonds is 6. The van der Waals surface area contributed by atoms with Gasteiger partial charge >= 0.3 is 0 Å². The van der Waals surface area contributed by atoms with Crippen LogP contribution >= 0.6 is 15.9 Å². The van der Waals surface area contributed by atoms with E-state index in [2.05, 4.69) is 27.8 Å². The molecule has 0 fully saturated rings. The first kappa shape index (κ1) is 14.6. The molecule has 0 saturated heterocycles. The summed E-state index contributed by atoms with van der Waals surface area (Å²) in [6.45, 7) is 4.43. The fourth-order valence-electron chi connectivity index (χ4n) is 1.93. The van der Waals surface area contributed by atoms with Crippen molar-refractivity contribution in [1.29, 1.82) is 0 Å². The molecule has 2 nitrogen and oxygen atoms in total. The summed E-state index contributed by atoms with van der Waals surface area (Å²) in [5.74, 6) is 0.395. The Morgan fingerprint density at radius 1 is 1.47 bits per heavy atom. The van der Waals surface area contributed by atoms with Gasteiger partial charge in [-0.15, -0.1) is 0 Å². The average Bonchev–Trinajstić information content (AvgIpc) is 2.23. The highest BCUT2D eigenvalue weighted by atomic mass is 79.9. The topological polar surface area (TPSA) is 29.3 Å². The van der Waals surface area contributed by atoms with Crippen LogP contribution in [0.2, 0.25) is 0 Å². The lowest BCUT2D eigenvalue weighted by Gasteiger charge is -2.21. The number of benzene rings is 1. The van der Waals surface area contributed by atoms with Crippen molar-refractivity contribution in [2.75, 3.05) is 20.1 Å². The number of nitrogens with two attached hydrogens (primary N) is 1. The van der Waals surface area contributed by atoms with E-state index >= 15 is 0 Å². The normalized spacial score (nSPS) is 13.1. The molecule has 0 aromatic heterocycles. The smallest absolute Gasteiger partial charge is 0.127 e. The van der Waals surface area contributed by atoms with Crippen LogP contribution in [0.4, 0.5) is 4.39 Å². The number of hydrogen-bond donors (Lipinski definition) is 1. The van der Waals surface area contributed by atoms with Crippen LogP contribution in [0.15, 0.2) is 22.7 Å². The third-order valence-corrected chi connectivity index (χ3v) is 3.22. The van der Waals surface area contributed by atoms with Crippen LogP contribution < -0.4 is 5.73 Å². The summed E-state index contributed by atoms with van der Waals surface area (Å²) in [6.07, 6.45) is 1.01. The fraction of sp³-hybridized carbons (Fsp3) is 0.538. The van der Waals surface area contributed by atoms with Gasteiger partial charge in [0.05, 0.1) is 0 Å². The van der Waals surface area contributed by atoms with Gasteiger partial charge in [-0.1, -0.05) is 22.9 Å². The first-order valence-electron chi connectivity index (χ1n) is 5.85. The largest absolute Gasteiger partial charge is 0.330 e. The van der Waals surface area contributed by atoms with E-state index in [1.165, 1.54) is 6.07 Å². The molecule has 0 radical (unpaired) electrons. The second-order valence-corrected chi connectivity index (χ2v) is 5.53. The second-order valence-electron chi connectivity index (χ2n) is 4.62. The molecular formula is C13H20BrFN2. The van der Waals surface area contributed by atoms with Crippen molar-refractivity contribution >= 4 is 15.9 Å². The van der Waals surface area contributed by atoms with Gasteiger partial charge in [-0.05, 0) is 44.1 Å². The van der Waals surface area contributed by atoms with Crippen molar-refractivity contribution in [2.45, 2.75) is 19.9 Å². The lowest BCUT2D eigenvalue weighted by Crippen LogP contribution is -2.25. The van der Waals surface area contributed by atoms with Gasteiger partial charge in [0, 0.05) is 23.1 Å². The predicted octanol–water partition coefficient (Wildman–Crippen LogP) is 3.00. The molecule has 0 heterocycles. The number of nitrogens with zero attached hydrogens (tertiary/aromatic N) is 1. The summed E-state index contributed by atoms with van der Waals surface area (Å²) in [6, 6.07) is 5.05. The standard InChI is InChI=1S/C13H20BrFN2/c1-10(5-6-16)8-17(2)9-11-7-12(14)3-4-13(11)15/h3-4,7,10H,5-6,8-9,16H2,1-2H3. The predicted molar refractivity (Wildman–Crippen MR) is 73.3 cm³/mol. The molecule has 1 aromatic carbocycles. The molecular weight excluding hydrogens is 283 g/mol. The Kier molecular flexibility index (Phi) is 6.09. The highest BCUT2D eigenvalue weighted by Crippen LogP contribution is 2.17. The molecule has 0 amide bonds. The lowest BCUT2D eigenvalue weighted by molar-refractivity contribution is 0.269. The fourth-order valence-corrected chi connectivity index (χ4v) is 2.34. The maximum atomic E-state index is 13.5. The minimum atomic E-state index is -0.147. The second kappa shape index (κ2) is 7.09. The molecule has 1 rings (SSSR count). The highest BCUT2D eigenvalue weighted by Gasteiger charge is 2.09. The Morgan fingerprint density at radius 3 is 2.82 bits per heavy atom. The zero-order chi connectivity index (χ0) is 12.8. The van der Waals surface area contributed by atoms with Crippen LogP contribution in [0.1, 0.15) is 18.9 Å². The molecule has 1 aromatic rings. The third kappa shape index (κ3) is 5.15. The van der Waals surface area contributed by atoms with Crippen LogP contribution in [-0.4, -0.2) is 25.0 Å². The quantitative estimate of drug-likeness (QED) is 0.875. The Labute approximate surface area is 111 Å². The summed E-state index contributed by atoms with van der Waals surface area (Å²) in [5.41, 5.74) is 6.24. The first-order chi connectivity index (χ1) is 8.02. The van der Waals surface area contributed by atoms with Gasteiger partial charge in [0.2, 0.25) is 0 Å². The molecule has 2 N–H and O–H groups in total. The van der Waals surface area contributed by atoms with E-state index in [1.807, 2.05) is 13.1 Å². The summed E-state index contributed by atoms with van der Waals surface area (Å²) in [7, 11) is 2.01. The molecule has 0 aliphatic carbocycles. The van der Waals surface area contributed by atoms with E-state index in [1.54, 1.807) is 6.07 Å². The zero-order valence-corrected chi connectivity index (χ0v) is 12.0. The van der Waals surface area contributed by atoms with Crippen LogP contribution in [0.25, 0.3) is 0 Å². The van der Waals surface area contributed by atoms with Gasteiger partial charge in [0.15, 0.2) is 0 Å². The van der Waals surface area contributed by atoms with E-state index in [0.717, 1.165) is 23.0 Å². The minimum absolute atomic E-state index is 0.147. The van der Waals surface area contributed by atoms with E-state index in [-0.39, 0.29) is 5.82 Å². The van der Waals surface area contributed by atoms with Crippen LogP contribution in [0, 0.1) is 11.7 Å². The summed E-state index contributed by atoms with van der Waals surface area (Å²) in [4.78, 5) is 2.13. The molecule has 0 bridgehead atoms. The average molecular weight is 303 g/mol. The molecule has 0 aliphatic rings. The molecule has 0 spiro atoms. The maximum Gasteiger partial charge on any atom is 0.127 e. The summed E-state index contributed by atoms with van der Waals surface area (Å²) < 4.78 is 14.5. The van der Waals surface area contributed by atoms with E-state index in [9.17, 15) is 4.39 Å². The van der Waals surface area contributed by atoms with Crippen LogP contribution in [0.5, 0.6) is 0 Å². The van der Waals surface area contributed by atoms with E-state index in [0.29, 0.717) is 19.0 Å². The third-order valence-electron chi connectivity index (χ3n) is 2.73.